The zero-order valence-electron chi connectivity index (χ0n) is 17.0. The molecule has 0 saturated heterocycles. The third-order valence-corrected chi connectivity index (χ3v) is 6.25. The lowest BCUT2D eigenvalue weighted by Gasteiger charge is -2.42. The van der Waals surface area contributed by atoms with Gasteiger partial charge in [-0.1, -0.05) is 19.9 Å². The first-order chi connectivity index (χ1) is 14.2. The smallest absolute Gasteiger partial charge is 0.280 e. The number of ketones is 1. The van der Waals surface area contributed by atoms with Crippen LogP contribution < -0.4 is 11.2 Å². The van der Waals surface area contributed by atoms with Gasteiger partial charge in [0.1, 0.15) is 17.3 Å². The number of rotatable bonds is 3. The molecule has 30 heavy (non-hydrogen) atoms. The number of nitriles is 1. The summed E-state index contributed by atoms with van der Waals surface area (Å²) in [4.78, 5) is 26.5. The molecule has 0 fully saturated rings. The van der Waals surface area contributed by atoms with Crippen LogP contribution in [0, 0.1) is 23.7 Å². The number of carbonyl (C=O) groups is 2. The molecule has 1 unspecified atom stereocenters. The molecule has 4 rings (SSSR count). The second-order valence-electron chi connectivity index (χ2n) is 8.35. The summed E-state index contributed by atoms with van der Waals surface area (Å²) < 4.78 is 5.80. The van der Waals surface area contributed by atoms with Crippen molar-refractivity contribution in [1.82, 2.24) is 10.4 Å². The van der Waals surface area contributed by atoms with Crippen molar-refractivity contribution < 1.29 is 14.0 Å². The van der Waals surface area contributed by atoms with Crippen LogP contribution in [0.3, 0.4) is 0 Å². The van der Waals surface area contributed by atoms with Gasteiger partial charge < -0.3 is 10.2 Å². The largest absolute Gasteiger partial charge is 0.465 e. The van der Waals surface area contributed by atoms with Crippen LogP contribution in [0.4, 0.5) is 0 Å². The monoisotopic (exact) mass is 422 g/mol. The van der Waals surface area contributed by atoms with Crippen molar-refractivity contribution in [1.29, 1.82) is 5.26 Å². The van der Waals surface area contributed by atoms with Gasteiger partial charge in [-0.05, 0) is 42.3 Å². The van der Waals surface area contributed by atoms with E-state index < -0.39 is 5.92 Å². The van der Waals surface area contributed by atoms with E-state index in [2.05, 4.69) is 11.5 Å². The number of amides is 1. The maximum atomic E-state index is 13.3. The van der Waals surface area contributed by atoms with Gasteiger partial charge in [0.25, 0.3) is 5.91 Å². The first-order valence-electron chi connectivity index (χ1n) is 9.59. The fourth-order valence-electron chi connectivity index (χ4n) is 4.09. The molecule has 2 aromatic heterocycles. The van der Waals surface area contributed by atoms with Gasteiger partial charge in [-0.25, -0.2) is 5.01 Å². The highest BCUT2D eigenvalue weighted by Gasteiger charge is 2.45. The molecule has 0 spiro atoms. The number of allylic oxidation sites excluding steroid dienone is 3. The normalized spacial score (nSPS) is 20.8. The van der Waals surface area contributed by atoms with Crippen LogP contribution in [0.1, 0.15) is 53.8 Å². The zero-order chi connectivity index (χ0) is 21.6. The third-order valence-electron chi connectivity index (χ3n) is 5.38. The number of furan rings is 1. The molecule has 1 atom stereocenters. The van der Waals surface area contributed by atoms with E-state index in [1.165, 1.54) is 16.3 Å². The molecule has 0 bridgehead atoms. The van der Waals surface area contributed by atoms with E-state index in [9.17, 15) is 14.9 Å². The molecule has 7 nitrogen and oxygen atoms in total. The van der Waals surface area contributed by atoms with Gasteiger partial charge in [0.2, 0.25) is 0 Å². The number of hydrogen-bond acceptors (Lipinski definition) is 7. The van der Waals surface area contributed by atoms with Crippen LogP contribution in [0.25, 0.3) is 0 Å². The Balaban J connectivity index is 1.87. The molecule has 3 heterocycles. The molecule has 1 aliphatic carbocycles. The van der Waals surface area contributed by atoms with Crippen LogP contribution in [0.5, 0.6) is 0 Å². The van der Waals surface area contributed by atoms with Crippen molar-refractivity contribution in [3.63, 3.8) is 0 Å². The molecular weight excluding hydrogens is 400 g/mol. The number of hydrazine groups is 1. The molecule has 2 aliphatic rings. The third kappa shape index (κ3) is 3.31. The molecule has 0 aromatic carbocycles. The van der Waals surface area contributed by atoms with Crippen LogP contribution in [-0.2, 0) is 4.79 Å². The highest BCUT2D eigenvalue weighted by Crippen LogP contribution is 2.48. The molecule has 1 amide bonds. The highest BCUT2D eigenvalue weighted by molar-refractivity contribution is 7.12. The highest BCUT2D eigenvalue weighted by atomic mass is 32.1. The Bertz CT molecular complexity index is 1130. The fourth-order valence-corrected chi connectivity index (χ4v) is 4.71. The van der Waals surface area contributed by atoms with Crippen molar-refractivity contribution >= 4 is 23.0 Å². The van der Waals surface area contributed by atoms with Gasteiger partial charge in [0.15, 0.2) is 5.78 Å². The van der Waals surface area contributed by atoms with E-state index in [-0.39, 0.29) is 28.5 Å². The number of hydrogen-bond donors (Lipinski definition) is 2. The maximum absolute atomic E-state index is 13.3. The molecular formula is C22H22N4O3S. The topological polar surface area (TPSA) is 112 Å². The Morgan fingerprint density at radius 1 is 1.37 bits per heavy atom. The predicted molar refractivity (Wildman–Crippen MR) is 112 cm³/mol. The zero-order valence-corrected chi connectivity index (χ0v) is 17.8. The van der Waals surface area contributed by atoms with E-state index in [0.717, 1.165) is 0 Å². The van der Waals surface area contributed by atoms with Crippen LogP contribution in [-0.4, -0.2) is 16.7 Å². The second-order valence-corrected chi connectivity index (χ2v) is 9.29. The van der Waals surface area contributed by atoms with Crippen molar-refractivity contribution in [3.8, 4) is 6.07 Å². The van der Waals surface area contributed by atoms with E-state index in [1.54, 1.807) is 36.6 Å². The Hall–Kier alpha value is -3.31. The molecule has 8 heteroatoms. The fraction of sp³-hybridized carbons (Fsp3) is 0.318. The summed E-state index contributed by atoms with van der Waals surface area (Å²) in [6.45, 7) is 5.81. The van der Waals surface area contributed by atoms with Crippen molar-refractivity contribution in [2.24, 2.45) is 11.1 Å². The first-order valence-corrected chi connectivity index (χ1v) is 10.5. The Kier molecular flexibility index (Phi) is 4.79. The SMILES string of the molecule is Cc1ccc(C2C(C#N)=C(N)N(NC(=O)c3cccs3)C3=C2C(=O)CC(C)(C)C3)o1. The average molecular weight is 423 g/mol. The quantitative estimate of drug-likeness (QED) is 0.779. The predicted octanol–water partition coefficient (Wildman–Crippen LogP) is 3.73. The summed E-state index contributed by atoms with van der Waals surface area (Å²) in [5.41, 5.74) is 10.1. The lowest BCUT2D eigenvalue weighted by Crippen LogP contribution is -2.49. The minimum absolute atomic E-state index is 0.0732. The number of nitrogens with zero attached hydrogens (tertiary/aromatic N) is 2. The van der Waals surface area contributed by atoms with Crippen molar-refractivity contribution in [2.75, 3.05) is 0 Å². The van der Waals surface area contributed by atoms with E-state index in [0.29, 0.717) is 40.5 Å². The van der Waals surface area contributed by atoms with E-state index >= 15 is 0 Å². The first kappa shape index (κ1) is 20.0. The summed E-state index contributed by atoms with van der Waals surface area (Å²) in [6.07, 6.45) is 0.863. The van der Waals surface area contributed by atoms with Gasteiger partial charge in [-0.3, -0.25) is 15.0 Å². The number of Topliss-reactive ketones (excluding diaryl/α,β-unsaturated/α-hetero) is 1. The lowest BCUT2D eigenvalue weighted by molar-refractivity contribution is -0.118. The minimum atomic E-state index is -0.683. The van der Waals surface area contributed by atoms with Crippen LogP contribution >= 0.6 is 11.3 Å². The molecule has 1 aliphatic heterocycles. The van der Waals surface area contributed by atoms with E-state index in [1.807, 2.05) is 13.8 Å². The van der Waals surface area contributed by atoms with Crippen LogP contribution in [0.2, 0.25) is 0 Å². The Morgan fingerprint density at radius 2 is 2.13 bits per heavy atom. The Labute approximate surface area is 178 Å². The van der Waals surface area contributed by atoms with Crippen molar-refractivity contribution in [3.05, 3.63) is 68.7 Å². The summed E-state index contributed by atoms with van der Waals surface area (Å²) in [5.74, 6) is 0.177. The van der Waals surface area contributed by atoms with Gasteiger partial charge in [-0.15, -0.1) is 11.3 Å². The van der Waals surface area contributed by atoms with Gasteiger partial charge in [0.05, 0.1) is 28.1 Å². The average Bonchev–Trinajstić information content (AvgIpc) is 3.34. The van der Waals surface area contributed by atoms with Gasteiger partial charge in [-0.2, -0.15) is 5.26 Å². The lowest BCUT2D eigenvalue weighted by atomic mass is 9.70. The number of nitrogens with two attached hydrogens (primary N) is 1. The van der Waals surface area contributed by atoms with Gasteiger partial charge in [0, 0.05) is 12.0 Å². The van der Waals surface area contributed by atoms with Crippen molar-refractivity contribution in [2.45, 2.75) is 39.5 Å². The number of thiophene rings is 1. The molecule has 2 aromatic rings. The standard InChI is InChI=1S/C22H22N4O3S/c1-12-6-7-16(29-12)18-13(11-23)20(24)26(25-21(28)17-5-4-8-30-17)14-9-22(2,3)10-15(27)19(14)18/h4-8,18H,9-10,24H2,1-3H3,(H,25,28). The van der Waals surface area contributed by atoms with E-state index in [4.69, 9.17) is 10.2 Å². The summed E-state index contributed by atoms with van der Waals surface area (Å²) in [6, 6.07) is 9.19. The molecule has 0 radical (unpaired) electrons. The van der Waals surface area contributed by atoms with Gasteiger partial charge >= 0.3 is 0 Å². The molecule has 154 valence electrons. The second kappa shape index (κ2) is 7.18. The number of carbonyl (C=O) groups excluding carboxylic acids is 2. The Morgan fingerprint density at radius 3 is 2.73 bits per heavy atom. The molecule has 3 N–H and O–H groups in total. The summed E-state index contributed by atoms with van der Waals surface area (Å²) in [7, 11) is 0. The minimum Gasteiger partial charge on any atom is -0.465 e. The summed E-state index contributed by atoms with van der Waals surface area (Å²) in [5, 5.41) is 13.1. The maximum Gasteiger partial charge on any atom is 0.280 e. The van der Waals surface area contributed by atoms with Crippen LogP contribution in [0.15, 0.2) is 56.7 Å². The summed E-state index contributed by atoms with van der Waals surface area (Å²) >= 11 is 1.30. The number of nitrogens with one attached hydrogen (secondary N) is 1. The molecule has 0 saturated carbocycles. The number of aryl methyl sites for hydroxylation is 1.